The van der Waals surface area contributed by atoms with Gasteiger partial charge in [-0.25, -0.2) is 4.79 Å². The predicted molar refractivity (Wildman–Crippen MR) is 53.4 cm³/mol. The van der Waals surface area contributed by atoms with Crippen molar-refractivity contribution in [3.05, 3.63) is 12.2 Å². The summed E-state index contributed by atoms with van der Waals surface area (Å²) in [6, 6.07) is 0. The number of halogens is 1. The molecule has 0 N–H and O–H groups in total. The Morgan fingerprint density at radius 1 is 1.50 bits per heavy atom. The number of hydrogen-bond acceptors (Lipinski definition) is 2. The van der Waals surface area contributed by atoms with Crippen LogP contribution in [0.5, 0.6) is 0 Å². The summed E-state index contributed by atoms with van der Waals surface area (Å²) in [7, 11) is 0. The summed E-state index contributed by atoms with van der Waals surface area (Å²) in [5.74, 6) is -0.341. The number of ether oxygens (including phenoxy) is 1. The van der Waals surface area contributed by atoms with Crippen LogP contribution < -0.4 is 0 Å². The van der Waals surface area contributed by atoms with Gasteiger partial charge in [0.25, 0.3) is 0 Å². The summed E-state index contributed by atoms with van der Waals surface area (Å²) in [5, 5.41) is 0. The van der Waals surface area contributed by atoms with E-state index in [2.05, 4.69) is 22.5 Å². The molecular formula is C9H15BrO2. The molecule has 0 aliphatic heterocycles. The minimum atomic E-state index is -0.443. The SMILES string of the molecule is C=C(C(=O)OC(C)(C)C)C(C)Br. The van der Waals surface area contributed by atoms with Crippen LogP contribution in [0.25, 0.3) is 0 Å². The van der Waals surface area contributed by atoms with Crippen molar-refractivity contribution >= 4 is 21.9 Å². The Bertz CT molecular complexity index is 189. The molecule has 0 amide bonds. The predicted octanol–water partition coefficient (Wildman–Crippen LogP) is 2.67. The Kier molecular flexibility index (Phi) is 3.97. The van der Waals surface area contributed by atoms with Crippen molar-refractivity contribution in [2.24, 2.45) is 0 Å². The van der Waals surface area contributed by atoms with E-state index in [1.807, 2.05) is 27.7 Å². The fourth-order valence-electron chi connectivity index (χ4n) is 0.506. The summed E-state index contributed by atoms with van der Waals surface area (Å²) in [6.45, 7) is 10.9. The molecule has 1 atom stereocenters. The first-order chi connectivity index (χ1) is 5.24. The van der Waals surface area contributed by atoms with E-state index in [1.54, 1.807) is 0 Å². The maximum atomic E-state index is 11.2. The average molecular weight is 235 g/mol. The number of carbonyl (C=O) groups excluding carboxylic acids is 1. The van der Waals surface area contributed by atoms with Gasteiger partial charge >= 0.3 is 5.97 Å². The zero-order valence-corrected chi connectivity index (χ0v) is 9.56. The van der Waals surface area contributed by atoms with Crippen LogP contribution in [-0.4, -0.2) is 16.4 Å². The first kappa shape index (κ1) is 11.7. The molecule has 0 aliphatic carbocycles. The molecule has 12 heavy (non-hydrogen) atoms. The van der Waals surface area contributed by atoms with E-state index in [0.717, 1.165) is 0 Å². The van der Waals surface area contributed by atoms with E-state index in [9.17, 15) is 4.79 Å². The fourth-order valence-corrected chi connectivity index (χ4v) is 0.693. The minimum absolute atomic E-state index is 0.0349. The molecule has 70 valence electrons. The third kappa shape index (κ3) is 4.54. The number of alkyl halides is 1. The van der Waals surface area contributed by atoms with Gasteiger partial charge in [-0.1, -0.05) is 22.5 Å². The number of hydrogen-bond donors (Lipinski definition) is 0. The minimum Gasteiger partial charge on any atom is -0.457 e. The molecule has 0 bridgehead atoms. The third-order valence-corrected chi connectivity index (χ3v) is 1.69. The molecule has 0 heterocycles. The highest BCUT2D eigenvalue weighted by Crippen LogP contribution is 2.15. The maximum absolute atomic E-state index is 11.2. The first-order valence-electron chi connectivity index (χ1n) is 3.80. The van der Waals surface area contributed by atoms with E-state index < -0.39 is 5.60 Å². The number of rotatable bonds is 2. The molecule has 2 nitrogen and oxygen atoms in total. The second-order valence-corrected chi connectivity index (χ2v) is 5.02. The van der Waals surface area contributed by atoms with Gasteiger partial charge in [-0.3, -0.25) is 0 Å². The molecule has 0 saturated heterocycles. The Balaban J connectivity index is 4.15. The van der Waals surface area contributed by atoms with Crippen LogP contribution in [-0.2, 0) is 9.53 Å². The highest BCUT2D eigenvalue weighted by Gasteiger charge is 2.20. The van der Waals surface area contributed by atoms with E-state index >= 15 is 0 Å². The smallest absolute Gasteiger partial charge is 0.335 e. The van der Waals surface area contributed by atoms with Gasteiger partial charge in [0.1, 0.15) is 5.60 Å². The van der Waals surface area contributed by atoms with Crippen LogP contribution in [0.1, 0.15) is 27.7 Å². The van der Waals surface area contributed by atoms with Gasteiger partial charge < -0.3 is 4.74 Å². The molecule has 1 unspecified atom stereocenters. The molecule has 0 spiro atoms. The van der Waals surface area contributed by atoms with Gasteiger partial charge in [0.05, 0.1) is 0 Å². The lowest BCUT2D eigenvalue weighted by Gasteiger charge is -2.20. The fraction of sp³-hybridized carbons (Fsp3) is 0.667. The lowest BCUT2D eigenvalue weighted by Crippen LogP contribution is -2.26. The van der Waals surface area contributed by atoms with Crippen molar-refractivity contribution in [1.82, 2.24) is 0 Å². The van der Waals surface area contributed by atoms with Crippen molar-refractivity contribution in [3.8, 4) is 0 Å². The van der Waals surface area contributed by atoms with Gasteiger partial charge in [0.2, 0.25) is 0 Å². The van der Waals surface area contributed by atoms with Crippen molar-refractivity contribution in [2.75, 3.05) is 0 Å². The third-order valence-electron chi connectivity index (χ3n) is 1.14. The Labute approximate surface area is 82.1 Å². The summed E-state index contributed by atoms with van der Waals surface area (Å²) < 4.78 is 5.09. The lowest BCUT2D eigenvalue weighted by molar-refractivity contribution is -0.149. The van der Waals surface area contributed by atoms with Gasteiger partial charge in [-0.15, -0.1) is 0 Å². The first-order valence-corrected chi connectivity index (χ1v) is 4.72. The van der Waals surface area contributed by atoms with Crippen molar-refractivity contribution in [2.45, 2.75) is 38.1 Å². The zero-order valence-electron chi connectivity index (χ0n) is 7.98. The Morgan fingerprint density at radius 3 is 2.17 bits per heavy atom. The van der Waals surface area contributed by atoms with E-state index in [4.69, 9.17) is 4.74 Å². The molecule has 0 aliphatic rings. The molecular weight excluding hydrogens is 220 g/mol. The van der Waals surface area contributed by atoms with Gasteiger partial charge in [0.15, 0.2) is 0 Å². The molecule has 0 aromatic rings. The van der Waals surface area contributed by atoms with E-state index in [0.29, 0.717) is 5.57 Å². The van der Waals surface area contributed by atoms with Crippen LogP contribution in [0.2, 0.25) is 0 Å². The normalized spacial score (nSPS) is 13.8. The molecule has 0 radical (unpaired) electrons. The van der Waals surface area contributed by atoms with E-state index in [-0.39, 0.29) is 10.8 Å². The average Bonchev–Trinajstić information content (AvgIpc) is 1.82. The molecule has 3 heteroatoms. The quantitative estimate of drug-likeness (QED) is 0.418. The molecule has 0 aromatic heterocycles. The largest absolute Gasteiger partial charge is 0.457 e. The highest BCUT2D eigenvalue weighted by atomic mass is 79.9. The van der Waals surface area contributed by atoms with Crippen LogP contribution in [0.4, 0.5) is 0 Å². The maximum Gasteiger partial charge on any atom is 0.335 e. The van der Waals surface area contributed by atoms with Crippen molar-refractivity contribution in [3.63, 3.8) is 0 Å². The van der Waals surface area contributed by atoms with Crippen LogP contribution >= 0.6 is 15.9 Å². The monoisotopic (exact) mass is 234 g/mol. The number of carbonyl (C=O) groups is 1. The van der Waals surface area contributed by atoms with Crippen molar-refractivity contribution < 1.29 is 9.53 Å². The van der Waals surface area contributed by atoms with Gasteiger partial charge in [-0.05, 0) is 27.7 Å². The molecule has 0 aromatic carbocycles. The zero-order chi connectivity index (χ0) is 9.94. The van der Waals surface area contributed by atoms with Crippen LogP contribution in [0, 0.1) is 0 Å². The van der Waals surface area contributed by atoms with E-state index in [1.165, 1.54) is 0 Å². The van der Waals surface area contributed by atoms with Gasteiger partial charge in [-0.2, -0.15) is 0 Å². The lowest BCUT2D eigenvalue weighted by atomic mass is 10.2. The molecule has 0 fully saturated rings. The molecule has 0 saturated carbocycles. The topological polar surface area (TPSA) is 26.3 Å². The molecule has 0 rings (SSSR count). The Morgan fingerprint density at radius 2 is 1.92 bits per heavy atom. The van der Waals surface area contributed by atoms with Crippen LogP contribution in [0.15, 0.2) is 12.2 Å². The summed E-state index contributed by atoms with van der Waals surface area (Å²) in [5.41, 5.74) is 0.00646. The van der Waals surface area contributed by atoms with Crippen molar-refractivity contribution in [1.29, 1.82) is 0 Å². The summed E-state index contributed by atoms with van der Waals surface area (Å²) >= 11 is 3.25. The standard InChI is InChI=1S/C9H15BrO2/c1-6(7(2)10)8(11)12-9(3,4)5/h7H,1H2,2-5H3. The van der Waals surface area contributed by atoms with Gasteiger partial charge in [0, 0.05) is 10.4 Å². The second kappa shape index (κ2) is 4.08. The highest BCUT2D eigenvalue weighted by molar-refractivity contribution is 9.09. The Hall–Kier alpha value is -0.310. The summed E-state index contributed by atoms with van der Waals surface area (Å²) in [4.78, 5) is 11.2. The number of esters is 1. The summed E-state index contributed by atoms with van der Waals surface area (Å²) in [6.07, 6.45) is 0. The second-order valence-electron chi connectivity index (χ2n) is 3.64. The van der Waals surface area contributed by atoms with Crippen LogP contribution in [0.3, 0.4) is 0 Å².